The third kappa shape index (κ3) is 4.30. The monoisotopic (exact) mass is 403 g/mol. The van der Waals surface area contributed by atoms with Crippen molar-refractivity contribution in [1.82, 2.24) is 15.1 Å². The highest BCUT2D eigenvalue weighted by atomic mass is 127. The molecule has 0 saturated carbocycles. The molecule has 1 N–H and O–H groups in total. The van der Waals surface area contributed by atoms with Crippen LogP contribution in [0.15, 0.2) is 23.7 Å². The molecule has 0 aromatic carbocycles. The van der Waals surface area contributed by atoms with Crippen molar-refractivity contribution < 1.29 is 0 Å². The summed E-state index contributed by atoms with van der Waals surface area (Å²) in [5.41, 5.74) is 2.54. The van der Waals surface area contributed by atoms with Gasteiger partial charge in [0.05, 0.1) is 8.58 Å². The van der Waals surface area contributed by atoms with Crippen molar-refractivity contribution in [3.63, 3.8) is 0 Å². The van der Waals surface area contributed by atoms with Gasteiger partial charge in [-0.15, -0.1) is 11.3 Å². The predicted octanol–water partition coefficient (Wildman–Crippen LogP) is 4.41. The summed E-state index contributed by atoms with van der Waals surface area (Å²) >= 11 is 4.19. The smallest absolute Gasteiger partial charge is 0.0656 e. The third-order valence-electron chi connectivity index (χ3n) is 3.24. The van der Waals surface area contributed by atoms with Crippen molar-refractivity contribution in [2.24, 2.45) is 0 Å². The number of halogens is 1. The molecule has 0 bridgehead atoms. The number of aromatic nitrogens is 2. The standard InChI is InChI=1S/C15H22IN3S/c1-4-6-17-14(12-8-15(16)20-10-12)9-13-5-7-19(18-13)11(2)3/h5,7-8,10-11,14,17H,4,6,9H2,1-3H3. The zero-order chi connectivity index (χ0) is 14.5. The number of nitrogens with one attached hydrogen (secondary N) is 1. The first-order valence-corrected chi connectivity index (χ1v) is 9.07. The molecule has 110 valence electrons. The number of nitrogens with zero attached hydrogens (tertiary/aromatic N) is 2. The van der Waals surface area contributed by atoms with Gasteiger partial charge in [-0.05, 0) is 72.5 Å². The SMILES string of the molecule is CCCNC(Cc1ccn(C(C)C)n1)c1csc(I)c1. The van der Waals surface area contributed by atoms with E-state index in [-0.39, 0.29) is 0 Å². The third-order valence-corrected chi connectivity index (χ3v) is 5.04. The van der Waals surface area contributed by atoms with E-state index >= 15 is 0 Å². The van der Waals surface area contributed by atoms with Crippen molar-refractivity contribution in [2.75, 3.05) is 6.54 Å². The molecule has 0 amide bonds. The summed E-state index contributed by atoms with van der Waals surface area (Å²) in [7, 11) is 0. The quantitative estimate of drug-likeness (QED) is 0.694. The fourth-order valence-corrected chi connectivity index (χ4v) is 3.54. The van der Waals surface area contributed by atoms with E-state index < -0.39 is 0 Å². The van der Waals surface area contributed by atoms with Gasteiger partial charge < -0.3 is 5.32 Å². The van der Waals surface area contributed by atoms with Gasteiger partial charge in [0.15, 0.2) is 0 Å². The van der Waals surface area contributed by atoms with Gasteiger partial charge in [0.1, 0.15) is 0 Å². The number of thiophene rings is 1. The van der Waals surface area contributed by atoms with E-state index in [0.717, 1.165) is 25.1 Å². The summed E-state index contributed by atoms with van der Waals surface area (Å²) in [5.74, 6) is 0. The van der Waals surface area contributed by atoms with Gasteiger partial charge >= 0.3 is 0 Å². The molecule has 2 heterocycles. The minimum atomic E-state index is 0.366. The van der Waals surface area contributed by atoms with Gasteiger partial charge in [0.2, 0.25) is 0 Å². The van der Waals surface area contributed by atoms with Gasteiger partial charge in [-0.3, -0.25) is 4.68 Å². The van der Waals surface area contributed by atoms with Crippen molar-refractivity contribution in [3.8, 4) is 0 Å². The van der Waals surface area contributed by atoms with Crippen LogP contribution >= 0.6 is 33.9 Å². The Kier molecular flexibility index (Phi) is 6.04. The van der Waals surface area contributed by atoms with Gasteiger partial charge in [-0.2, -0.15) is 5.10 Å². The molecule has 5 heteroatoms. The first-order chi connectivity index (χ1) is 9.60. The van der Waals surface area contributed by atoms with E-state index in [2.05, 4.69) is 77.5 Å². The second-order valence-electron chi connectivity index (χ2n) is 5.28. The Morgan fingerprint density at radius 2 is 2.25 bits per heavy atom. The van der Waals surface area contributed by atoms with Crippen LogP contribution in [-0.2, 0) is 6.42 Å². The summed E-state index contributed by atoms with van der Waals surface area (Å²) in [6.07, 6.45) is 4.18. The molecular weight excluding hydrogens is 381 g/mol. The number of hydrogen-bond donors (Lipinski definition) is 1. The Labute approximate surface area is 138 Å². The fourth-order valence-electron chi connectivity index (χ4n) is 2.12. The molecule has 2 rings (SSSR count). The molecule has 20 heavy (non-hydrogen) atoms. The van der Waals surface area contributed by atoms with Crippen LogP contribution in [0.2, 0.25) is 0 Å². The van der Waals surface area contributed by atoms with Crippen LogP contribution < -0.4 is 5.32 Å². The maximum atomic E-state index is 4.67. The van der Waals surface area contributed by atoms with Crippen molar-refractivity contribution in [3.05, 3.63) is 37.9 Å². The average Bonchev–Trinajstić information content (AvgIpc) is 3.03. The lowest BCUT2D eigenvalue weighted by atomic mass is 10.1. The fraction of sp³-hybridized carbons (Fsp3) is 0.533. The second kappa shape index (κ2) is 7.56. The molecule has 1 atom stereocenters. The topological polar surface area (TPSA) is 29.9 Å². The van der Waals surface area contributed by atoms with E-state index in [9.17, 15) is 0 Å². The zero-order valence-electron chi connectivity index (χ0n) is 12.3. The maximum Gasteiger partial charge on any atom is 0.0656 e. The second-order valence-corrected chi connectivity index (χ2v) is 8.08. The van der Waals surface area contributed by atoms with Gasteiger partial charge in [0.25, 0.3) is 0 Å². The largest absolute Gasteiger partial charge is 0.310 e. The predicted molar refractivity (Wildman–Crippen MR) is 94.4 cm³/mol. The molecule has 2 aromatic rings. The van der Waals surface area contributed by atoms with Crippen molar-refractivity contribution >= 4 is 33.9 Å². The minimum Gasteiger partial charge on any atom is -0.310 e. The molecule has 0 aliphatic carbocycles. The van der Waals surface area contributed by atoms with Gasteiger partial charge in [0, 0.05) is 24.7 Å². The van der Waals surface area contributed by atoms with Crippen molar-refractivity contribution in [1.29, 1.82) is 0 Å². The average molecular weight is 403 g/mol. The first-order valence-electron chi connectivity index (χ1n) is 7.11. The van der Waals surface area contributed by atoms with Gasteiger partial charge in [-0.1, -0.05) is 6.92 Å². The lowest BCUT2D eigenvalue weighted by molar-refractivity contribution is 0.500. The maximum absolute atomic E-state index is 4.67. The van der Waals surface area contributed by atoms with E-state index in [0.29, 0.717) is 12.1 Å². The number of hydrogen-bond acceptors (Lipinski definition) is 3. The van der Waals surface area contributed by atoms with Crippen molar-refractivity contribution in [2.45, 2.75) is 45.7 Å². The van der Waals surface area contributed by atoms with Crippen LogP contribution in [0.5, 0.6) is 0 Å². The van der Waals surface area contributed by atoms with E-state index in [4.69, 9.17) is 0 Å². The molecule has 3 nitrogen and oxygen atoms in total. The molecule has 0 radical (unpaired) electrons. The normalized spacial score (nSPS) is 13.1. The summed E-state index contributed by atoms with van der Waals surface area (Å²) < 4.78 is 3.37. The minimum absolute atomic E-state index is 0.366. The van der Waals surface area contributed by atoms with E-state index in [1.165, 1.54) is 8.45 Å². The van der Waals surface area contributed by atoms with Crippen LogP contribution in [0, 0.1) is 2.88 Å². The highest BCUT2D eigenvalue weighted by molar-refractivity contribution is 14.1. The van der Waals surface area contributed by atoms with E-state index in [1.807, 2.05) is 16.0 Å². The van der Waals surface area contributed by atoms with Crippen LogP contribution in [0.3, 0.4) is 0 Å². The molecule has 0 aliphatic rings. The molecule has 1 unspecified atom stereocenters. The molecule has 0 fully saturated rings. The van der Waals surface area contributed by atoms with Crippen LogP contribution in [-0.4, -0.2) is 16.3 Å². The summed E-state index contributed by atoms with van der Waals surface area (Å²) in [5, 5.41) is 10.6. The zero-order valence-corrected chi connectivity index (χ0v) is 15.2. The van der Waals surface area contributed by atoms with Crippen LogP contribution in [0.4, 0.5) is 0 Å². The van der Waals surface area contributed by atoms with Crippen LogP contribution in [0.25, 0.3) is 0 Å². The molecule has 2 aromatic heterocycles. The van der Waals surface area contributed by atoms with Crippen LogP contribution in [0.1, 0.15) is 50.5 Å². The highest BCUT2D eigenvalue weighted by Crippen LogP contribution is 2.25. The Bertz CT molecular complexity index is 533. The highest BCUT2D eigenvalue weighted by Gasteiger charge is 2.15. The van der Waals surface area contributed by atoms with E-state index in [1.54, 1.807) is 0 Å². The molecule has 0 saturated heterocycles. The lowest BCUT2D eigenvalue weighted by Crippen LogP contribution is -2.24. The first kappa shape index (κ1) is 16.0. The van der Waals surface area contributed by atoms with Gasteiger partial charge in [-0.25, -0.2) is 0 Å². The molecular formula is C15H22IN3S. The summed E-state index contributed by atoms with van der Waals surface area (Å²) in [6.45, 7) is 7.56. The Morgan fingerprint density at radius 1 is 1.45 bits per heavy atom. The Hall–Kier alpha value is -0.400. The molecule has 0 spiro atoms. The summed E-state index contributed by atoms with van der Waals surface area (Å²) in [4.78, 5) is 0. The summed E-state index contributed by atoms with van der Waals surface area (Å²) in [6, 6.07) is 5.20. The molecule has 0 aliphatic heterocycles. The Morgan fingerprint density at radius 3 is 2.80 bits per heavy atom. The Balaban J connectivity index is 2.10. The number of rotatable bonds is 7. The lowest BCUT2D eigenvalue weighted by Gasteiger charge is -2.16.